The smallest absolute Gasteiger partial charge is 0.226 e. The summed E-state index contributed by atoms with van der Waals surface area (Å²) in [5.74, 6) is -1.04. The highest BCUT2D eigenvalue weighted by atomic mass is 32.1. The highest BCUT2D eigenvalue weighted by molar-refractivity contribution is 7.09. The van der Waals surface area contributed by atoms with Gasteiger partial charge >= 0.3 is 0 Å². The first-order valence-corrected chi connectivity index (χ1v) is 20.7. The molecule has 1 saturated heterocycles. The van der Waals surface area contributed by atoms with E-state index in [1.807, 2.05) is 70.1 Å². The standard InChI is InChI=1S/C43H68N4O6S/c1-12-29(4)39(46(9)42(51)33(28(2)3)25-37(49)43(6,7)27-44-8)36(52-10)26-38(50)47-21-16-19-34(47)40(53-11)30(5)35(48)24-32(41-45-20-22-54-41)23-31-17-14-13-15-18-31/h13-15,17-18,20,22,28-30,32-34,36,39-40,44H,12,16,19,21,23-27H2,1-11H3/t29-,30-,32+,33-,34-,36+,39-,40+/m0/s1. The maximum atomic E-state index is 14.3. The van der Waals surface area contributed by atoms with Gasteiger partial charge in [0.2, 0.25) is 11.8 Å². The van der Waals surface area contributed by atoms with E-state index in [-0.39, 0.29) is 66.1 Å². The fourth-order valence-electron chi connectivity index (χ4n) is 8.24. The van der Waals surface area contributed by atoms with E-state index >= 15 is 0 Å². The lowest BCUT2D eigenvalue weighted by atomic mass is 9.79. The van der Waals surface area contributed by atoms with Gasteiger partial charge in [-0.2, -0.15) is 0 Å². The van der Waals surface area contributed by atoms with E-state index in [9.17, 15) is 19.2 Å². The molecule has 2 heterocycles. The number of likely N-dealkylation sites (N-methyl/N-ethyl adjacent to an activating group) is 1. The molecule has 1 aliphatic heterocycles. The topological polar surface area (TPSA) is 118 Å². The molecule has 2 aromatic rings. The third-order valence-electron chi connectivity index (χ3n) is 11.8. The van der Waals surface area contributed by atoms with Crippen LogP contribution in [-0.4, -0.2) is 104 Å². The maximum Gasteiger partial charge on any atom is 0.226 e. The second kappa shape index (κ2) is 21.3. The Hall–Kier alpha value is -2.99. The molecule has 0 unspecified atom stereocenters. The summed E-state index contributed by atoms with van der Waals surface area (Å²) < 4.78 is 12.1. The quantitative estimate of drug-likeness (QED) is 0.131. The van der Waals surface area contributed by atoms with Gasteiger partial charge < -0.3 is 24.6 Å². The number of thiazole rings is 1. The average Bonchev–Trinajstić information content (AvgIpc) is 3.87. The van der Waals surface area contributed by atoms with Gasteiger partial charge in [-0.1, -0.05) is 85.2 Å². The number of carbonyl (C=O) groups is 4. The van der Waals surface area contributed by atoms with Crippen LogP contribution < -0.4 is 5.32 Å². The second-order valence-corrected chi connectivity index (χ2v) is 17.3. The largest absolute Gasteiger partial charge is 0.379 e. The summed E-state index contributed by atoms with van der Waals surface area (Å²) in [5, 5.41) is 5.99. The molecule has 11 heteroatoms. The van der Waals surface area contributed by atoms with Crippen LogP contribution in [0.2, 0.25) is 0 Å². The minimum atomic E-state index is -0.599. The summed E-state index contributed by atoms with van der Waals surface area (Å²) >= 11 is 1.57. The van der Waals surface area contributed by atoms with E-state index in [4.69, 9.17) is 9.47 Å². The van der Waals surface area contributed by atoms with Crippen molar-refractivity contribution in [3.05, 3.63) is 52.5 Å². The zero-order chi connectivity index (χ0) is 40.2. The Morgan fingerprint density at radius 1 is 1.04 bits per heavy atom. The molecule has 0 radical (unpaired) electrons. The molecular formula is C43H68N4O6S. The van der Waals surface area contributed by atoms with Crippen LogP contribution in [-0.2, 0) is 35.1 Å². The Morgan fingerprint density at radius 2 is 1.72 bits per heavy atom. The van der Waals surface area contributed by atoms with Gasteiger partial charge in [-0.25, -0.2) is 4.98 Å². The molecule has 2 amide bonds. The third kappa shape index (κ3) is 11.8. The van der Waals surface area contributed by atoms with Crippen molar-refractivity contribution < 1.29 is 28.7 Å². The Labute approximate surface area is 329 Å². The zero-order valence-corrected chi connectivity index (χ0v) is 35.6. The fourth-order valence-corrected chi connectivity index (χ4v) is 8.98. The second-order valence-electron chi connectivity index (χ2n) is 16.4. The summed E-state index contributed by atoms with van der Waals surface area (Å²) in [6.07, 6.45) is 4.37. The number of benzene rings is 1. The summed E-state index contributed by atoms with van der Waals surface area (Å²) in [5.41, 5.74) is 0.559. The molecular weight excluding hydrogens is 701 g/mol. The highest BCUT2D eigenvalue weighted by Crippen LogP contribution is 2.34. The average molecular weight is 769 g/mol. The van der Waals surface area contributed by atoms with Crippen molar-refractivity contribution >= 4 is 34.7 Å². The predicted molar refractivity (Wildman–Crippen MR) is 216 cm³/mol. The normalized spacial score (nSPS) is 18.8. The minimum absolute atomic E-state index is 0.0290. The van der Waals surface area contributed by atoms with Gasteiger partial charge in [-0.05, 0) is 43.7 Å². The van der Waals surface area contributed by atoms with Gasteiger partial charge in [0.15, 0.2) is 0 Å². The van der Waals surface area contributed by atoms with Gasteiger partial charge in [0, 0.05) is 81.9 Å². The molecule has 3 rings (SSSR count). The van der Waals surface area contributed by atoms with Crippen molar-refractivity contribution in [2.24, 2.45) is 29.1 Å². The molecule has 0 aliphatic carbocycles. The Balaban J connectivity index is 1.78. The van der Waals surface area contributed by atoms with Crippen LogP contribution in [0.15, 0.2) is 41.9 Å². The van der Waals surface area contributed by atoms with E-state index in [0.717, 1.165) is 29.8 Å². The van der Waals surface area contributed by atoms with Crippen LogP contribution in [0.3, 0.4) is 0 Å². The molecule has 54 heavy (non-hydrogen) atoms. The number of Topliss-reactive ketones (excluding diaryl/α,β-unsaturated/α-hetero) is 2. The summed E-state index contributed by atoms with van der Waals surface area (Å²) in [6.45, 7) is 15.0. The van der Waals surface area contributed by atoms with Crippen molar-refractivity contribution in [3.8, 4) is 0 Å². The number of ether oxygens (including phenoxy) is 2. The molecule has 1 N–H and O–H groups in total. The number of amides is 2. The predicted octanol–water partition coefficient (Wildman–Crippen LogP) is 6.83. The van der Waals surface area contributed by atoms with Gasteiger partial charge in [0.05, 0.1) is 35.7 Å². The van der Waals surface area contributed by atoms with Crippen molar-refractivity contribution in [1.82, 2.24) is 20.1 Å². The number of nitrogens with zero attached hydrogens (tertiary/aromatic N) is 3. The Bertz CT molecular complexity index is 1470. The third-order valence-corrected chi connectivity index (χ3v) is 12.8. The number of ketones is 2. The zero-order valence-electron chi connectivity index (χ0n) is 34.8. The minimum Gasteiger partial charge on any atom is -0.379 e. The number of hydrogen-bond donors (Lipinski definition) is 1. The molecule has 0 saturated carbocycles. The van der Waals surface area contributed by atoms with Crippen LogP contribution in [0.25, 0.3) is 0 Å². The first-order valence-electron chi connectivity index (χ1n) is 19.9. The van der Waals surface area contributed by atoms with E-state index in [1.54, 1.807) is 43.7 Å². The van der Waals surface area contributed by atoms with Crippen LogP contribution >= 0.6 is 11.3 Å². The number of aromatic nitrogens is 1. The van der Waals surface area contributed by atoms with E-state index in [2.05, 4.69) is 36.3 Å². The van der Waals surface area contributed by atoms with Gasteiger partial charge in [0.1, 0.15) is 11.6 Å². The van der Waals surface area contributed by atoms with Gasteiger partial charge in [0.25, 0.3) is 0 Å². The van der Waals surface area contributed by atoms with Crippen LogP contribution in [0.5, 0.6) is 0 Å². The summed E-state index contributed by atoms with van der Waals surface area (Å²) in [4.78, 5) is 64.1. The lowest BCUT2D eigenvalue weighted by Gasteiger charge is -2.41. The number of hydrogen-bond acceptors (Lipinski definition) is 9. The number of methoxy groups -OCH3 is 2. The Morgan fingerprint density at radius 3 is 2.28 bits per heavy atom. The lowest BCUT2D eigenvalue weighted by molar-refractivity contribution is -0.149. The van der Waals surface area contributed by atoms with Gasteiger partial charge in [-0.15, -0.1) is 11.3 Å². The maximum absolute atomic E-state index is 14.3. The van der Waals surface area contributed by atoms with Crippen molar-refractivity contribution in [1.29, 1.82) is 0 Å². The highest BCUT2D eigenvalue weighted by Gasteiger charge is 2.43. The number of likely N-dealkylation sites (tertiary alicyclic amines) is 1. The molecule has 0 spiro atoms. The SMILES string of the molecule is CC[C@H](C)[C@@H]([C@@H](CC(=O)N1CCC[C@H]1[C@H](OC)[C@@H](C)C(=O)C[C@@H](Cc1ccccc1)c1nccs1)OC)N(C)C(=O)[C@@H](CC(=O)C(C)(C)CNC)C(C)C. The van der Waals surface area contributed by atoms with E-state index in [0.29, 0.717) is 25.9 Å². The van der Waals surface area contributed by atoms with Crippen LogP contribution in [0, 0.1) is 29.1 Å². The summed E-state index contributed by atoms with van der Waals surface area (Å²) in [7, 11) is 6.84. The first kappa shape index (κ1) is 45.4. The summed E-state index contributed by atoms with van der Waals surface area (Å²) in [6, 6.07) is 9.54. The van der Waals surface area contributed by atoms with E-state index in [1.165, 1.54) is 0 Å². The molecule has 1 aromatic carbocycles. The van der Waals surface area contributed by atoms with E-state index < -0.39 is 29.5 Å². The van der Waals surface area contributed by atoms with Crippen molar-refractivity contribution in [2.45, 2.75) is 124 Å². The first-order chi connectivity index (χ1) is 25.6. The number of nitrogens with one attached hydrogen (secondary N) is 1. The molecule has 0 bridgehead atoms. The molecule has 10 nitrogen and oxygen atoms in total. The van der Waals surface area contributed by atoms with Crippen molar-refractivity contribution in [2.75, 3.05) is 41.4 Å². The number of carbonyl (C=O) groups excluding carboxylic acids is 4. The number of rotatable bonds is 23. The Kier molecular flexibility index (Phi) is 17.9. The van der Waals surface area contributed by atoms with Crippen molar-refractivity contribution in [3.63, 3.8) is 0 Å². The van der Waals surface area contributed by atoms with Crippen LogP contribution in [0.4, 0.5) is 0 Å². The molecule has 1 aliphatic rings. The van der Waals surface area contributed by atoms with Gasteiger partial charge in [-0.3, -0.25) is 19.2 Å². The fraction of sp³-hybridized carbons (Fsp3) is 0.698. The molecule has 302 valence electrons. The lowest BCUT2D eigenvalue weighted by Crippen LogP contribution is -2.54. The van der Waals surface area contributed by atoms with Crippen LogP contribution in [0.1, 0.15) is 103 Å². The molecule has 1 aromatic heterocycles. The molecule has 1 fully saturated rings. The monoisotopic (exact) mass is 768 g/mol. The molecule has 8 atom stereocenters.